The van der Waals surface area contributed by atoms with Gasteiger partial charge in [-0.2, -0.15) is 0 Å². The van der Waals surface area contributed by atoms with E-state index in [1.807, 2.05) is 0 Å². The van der Waals surface area contributed by atoms with E-state index in [-0.39, 0.29) is 124 Å². The Labute approximate surface area is 122 Å². The van der Waals surface area contributed by atoms with Gasteiger partial charge in [-0.1, -0.05) is 0 Å². The van der Waals surface area contributed by atoms with Crippen LogP contribution in [0.25, 0.3) is 0 Å². The van der Waals surface area contributed by atoms with Crippen LogP contribution in [-0.2, 0) is 0 Å². The molecule has 0 aromatic carbocycles. The summed E-state index contributed by atoms with van der Waals surface area (Å²) in [7, 11) is 0. The second-order valence-corrected chi connectivity index (χ2v) is 0. The summed E-state index contributed by atoms with van der Waals surface area (Å²) in [6.45, 7) is 0. The standard InChI is InChI=1S/5ClH.K.Si/h5*1H;;/q;;;;;+1;+4/p-5. The molecule has 0 radical (unpaired) electrons. The third kappa shape index (κ3) is 45.5. The summed E-state index contributed by atoms with van der Waals surface area (Å²) in [6.07, 6.45) is 0. The molecule has 0 atom stereocenters. The fourth-order valence-electron chi connectivity index (χ4n) is 0. The van der Waals surface area contributed by atoms with Gasteiger partial charge >= 0.3 is 62.3 Å². The molecule has 0 aliphatic carbocycles. The third-order valence-corrected chi connectivity index (χ3v) is 0. The Balaban J connectivity index is 0. The maximum atomic E-state index is 0. The quantitative estimate of drug-likeness (QED) is 0.371. The minimum Gasteiger partial charge on any atom is -1.00 e. The van der Waals surface area contributed by atoms with Gasteiger partial charge in [0.25, 0.3) is 0 Å². The summed E-state index contributed by atoms with van der Waals surface area (Å²) in [5, 5.41) is 0. The molecule has 0 saturated heterocycles. The Morgan fingerprint density at radius 3 is 0.429 bits per heavy atom. The molecule has 0 unspecified atom stereocenters. The van der Waals surface area contributed by atoms with Crippen molar-refractivity contribution in [1.29, 1.82) is 0 Å². The van der Waals surface area contributed by atoms with E-state index in [1.165, 1.54) is 0 Å². The number of halogens is 5. The summed E-state index contributed by atoms with van der Waals surface area (Å²) >= 11 is 0. The van der Waals surface area contributed by atoms with Crippen molar-refractivity contribution in [3.8, 4) is 0 Å². The number of hydrogen-bond donors (Lipinski definition) is 0. The first-order valence-electron chi connectivity index (χ1n) is 0. The fraction of sp³-hybridized carbons (Fsp3) is 0. The molecule has 0 N–H and O–H groups in total. The van der Waals surface area contributed by atoms with Gasteiger partial charge in [0.2, 0.25) is 0 Å². The molecular formula is Cl5KSi. The van der Waals surface area contributed by atoms with Crippen molar-refractivity contribution in [2.45, 2.75) is 0 Å². The minimum absolute atomic E-state index is 0. The molecule has 0 aromatic rings. The van der Waals surface area contributed by atoms with E-state index >= 15 is 0 Å². The second-order valence-electron chi connectivity index (χ2n) is 0. The topological polar surface area (TPSA) is 0 Å². The number of rotatable bonds is 0. The van der Waals surface area contributed by atoms with Gasteiger partial charge in [0.05, 0.1) is 0 Å². The van der Waals surface area contributed by atoms with Crippen molar-refractivity contribution < 1.29 is 113 Å². The molecular weight excluding hydrogens is 244 g/mol. The van der Waals surface area contributed by atoms with Crippen molar-refractivity contribution in [1.82, 2.24) is 0 Å². The van der Waals surface area contributed by atoms with Crippen LogP contribution < -0.4 is 113 Å². The van der Waals surface area contributed by atoms with Gasteiger partial charge in [-0.3, -0.25) is 0 Å². The Morgan fingerprint density at radius 2 is 0.429 bits per heavy atom. The van der Waals surface area contributed by atoms with Crippen molar-refractivity contribution in [3.63, 3.8) is 0 Å². The van der Waals surface area contributed by atoms with Gasteiger partial charge in [0.1, 0.15) is 0 Å². The van der Waals surface area contributed by atoms with Gasteiger partial charge in [-0.25, -0.2) is 0 Å². The van der Waals surface area contributed by atoms with Crippen LogP contribution in [-0.4, -0.2) is 11.0 Å². The molecule has 0 rings (SSSR count). The first-order valence-corrected chi connectivity index (χ1v) is 0. The van der Waals surface area contributed by atoms with Crippen LogP contribution >= 0.6 is 0 Å². The smallest absolute Gasteiger partial charge is 1.00 e. The molecule has 7 heavy (non-hydrogen) atoms. The number of hydrogen-bond acceptors (Lipinski definition) is 0. The van der Waals surface area contributed by atoms with Gasteiger partial charge in [-0.05, 0) is 0 Å². The van der Waals surface area contributed by atoms with Crippen LogP contribution in [0.1, 0.15) is 0 Å². The monoisotopic (exact) mass is 242 g/mol. The van der Waals surface area contributed by atoms with E-state index in [0.29, 0.717) is 0 Å². The van der Waals surface area contributed by atoms with Gasteiger partial charge in [-0.15, -0.1) is 0 Å². The van der Waals surface area contributed by atoms with Crippen LogP contribution in [0.3, 0.4) is 0 Å². The summed E-state index contributed by atoms with van der Waals surface area (Å²) in [5.74, 6) is 0. The molecule has 0 aliphatic rings. The molecule has 40 valence electrons. The van der Waals surface area contributed by atoms with Crippen molar-refractivity contribution >= 4 is 11.0 Å². The summed E-state index contributed by atoms with van der Waals surface area (Å²) in [4.78, 5) is 0. The molecule has 0 spiro atoms. The average Bonchev–Trinajstić information content (AvgIpc) is 0. The van der Waals surface area contributed by atoms with Crippen molar-refractivity contribution in [3.05, 3.63) is 0 Å². The average molecular weight is 244 g/mol. The summed E-state index contributed by atoms with van der Waals surface area (Å²) < 4.78 is 0. The Hall–Kier alpha value is 3.30. The first kappa shape index (κ1) is 81.7. The van der Waals surface area contributed by atoms with Crippen LogP contribution in [0.5, 0.6) is 0 Å². The van der Waals surface area contributed by atoms with E-state index in [0.717, 1.165) is 0 Å². The molecule has 0 bridgehead atoms. The molecule has 0 amide bonds. The first-order chi connectivity index (χ1) is 0. The molecule has 0 aliphatic heterocycles. The summed E-state index contributed by atoms with van der Waals surface area (Å²) in [6, 6.07) is 0. The molecule has 0 aromatic heterocycles. The zero-order valence-corrected chi connectivity index (χ0v) is 11.3. The van der Waals surface area contributed by atoms with Gasteiger partial charge < -0.3 is 62.0 Å². The molecule has 0 saturated carbocycles. The summed E-state index contributed by atoms with van der Waals surface area (Å²) in [5.41, 5.74) is 0. The zero-order chi connectivity index (χ0) is 0. The van der Waals surface area contributed by atoms with E-state index in [1.54, 1.807) is 0 Å². The minimum atomic E-state index is 0. The van der Waals surface area contributed by atoms with E-state index in [9.17, 15) is 0 Å². The van der Waals surface area contributed by atoms with Crippen LogP contribution in [0.15, 0.2) is 0 Å². The van der Waals surface area contributed by atoms with Crippen LogP contribution in [0.4, 0.5) is 0 Å². The van der Waals surface area contributed by atoms with Gasteiger partial charge in [0, 0.05) is 0 Å². The van der Waals surface area contributed by atoms with E-state index in [2.05, 4.69) is 0 Å². The normalized spacial score (nSPS) is 0. The zero-order valence-electron chi connectivity index (χ0n) is 3.39. The predicted octanol–water partition coefficient (Wildman–Crippen LogP) is -18.4. The molecule has 0 heterocycles. The third-order valence-electron chi connectivity index (χ3n) is 0. The van der Waals surface area contributed by atoms with Crippen LogP contribution in [0, 0.1) is 0 Å². The maximum absolute atomic E-state index is 0. The van der Waals surface area contributed by atoms with Gasteiger partial charge in [0.15, 0.2) is 0 Å². The SMILES string of the molecule is [Cl-].[Cl-].[Cl-].[Cl-].[Cl-].[K+].[Si+4]. The maximum Gasteiger partial charge on any atom is 4.00 e. The van der Waals surface area contributed by atoms with E-state index in [4.69, 9.17) is 0 Å². The molecule has 0 nitrogen and oxygen atoms in total. The van der Waals surface area contributed by atoms with Crippen molar-refractivity contribution in [2.75, 3.05) is 0 Å². The predicted molar refractivity (Wildman–Crippen MR) is 5.75 cm³/mol. The van der Waals surface area contributed by atoms with Crippen molar-refractivity contribution in [2.24, 2.45) is 0 Å². The van der Waals surface area contributed by atoms with Crippen LogP contribution in [0.2, 0.25) is 0 Å². The fourth-order valence-corrected chi connectivity index (χ4v) is 0. The Bertz CT molecular complexity index is 8.04. The largest absolute Gasteiger partial charge is 4.00 e. The Morgan fingerprint density at radius 1 is 0.429 bits per heavy atom. The second kappa shape index (κ2) is 58.8. The molecule has 7 heteroatoms. The molecule has 0 fully saturated rings. The Kier molecular flexibility index (Phi) is 686. The van der Waals surface area contributed by atoms with E-state index < -0.39 is 0 Å².